The van der Waals surface area contributed by atoms with Crippen LogP contribution in [-0.4, -0.2) is 51.0 Å². The van der Waals surface area contributed by atoms with E-state index in [2.05, 4.69) is 41.3 Å². The molecule has 0 saturated heterocycles. The van der Waals surface area contributed by atoms with Gasteiger partial charge in [-0.1, -0.05) is 36.4 Å². The lowest BCUT2D eigenvalue weighted by molar-refractivity contribution is 0.100. The van der Waals surface area contributed by atoms with Gasteiger partial charge in [-0.25, -0.2) is 9.55 Å². The minimum absolute atomic E-state index is 0.115. The molecule has 5 rings (SSSR count). The molecule has 1 aliphatic rings. The number of likely N-dealkylation sites (N-methyl/N-ethyl adjacent to an activating group) is 1. The highest BCUT2D eigenvalue weighted by Crippen LogP contribution is 2.34. The van der Waals surface area contributed by atoms with E-state index >= 15 is 0 Å². The van der Waals surface area contributed by atoms with Gasteiger partial charge in [0.25, 0.3) is 5.91 Å². The Hall–Kier alpha value is -3.98. The smallest absolute Gasteiger partial charge is 0.304 e. The first-order chi connectivity index (χ1) is 16.5. The minimum atomic E-state index is -0.551. The Morgan fingerprint density at radius 2 is 1.94 bits per heavy atom. The lowest BCUT2D eigenvalue weighted by Crippen LogP contribution is -2.32. The van der Waals surface area contributed by atoms with E-state index in [1.165, 1.54) is 7.11 Å². The van der Waals surface area contributed by atoms with Gasteiger partial charge in [-0.15, -0.1) is 0 Å². The van der Waals surface area contributed by atoms with Gasteiger partial charge in [-0.05, 0) is 38.1 Å². The molecule has 2 aromatic carbocycles. The van der Waals surface area contributed by atoms with Crippen molar-refractivity contribution in [2.45, 2.75) is 25.9 Å². The Morgan fingerprint density at radius 3 is 2.68 bits per heavy atom. The summed E-state index contributed by atoms with van der Waals surface area (Å²) >= 11 is 0. The number of carbonyl (C=O) groups excluding carboxylic acids is 1. The molecule has 1 amide bonds. The van der Waals surface area contributed by atoms with Crippen molar-refractivity contribution >= 4 is 22.8 Å². The zero-order chi connectivity index (χ0) is 23.8. The molecule has 9 heteroatoms. The Morgan fingerprint density at radius 1 is 1.15 bits per heavy atom. The third-order valence-corrected chi connectivity index (χ3v) is 6.40. The third-order valence-electron chi connectivity index (χ3n) is 6.40. The highest BCUT2D eigenvalue weighted by atomic mass is 16.5. The number of benzene rings is 2. The molecule has 34 heavy (non-hydrogen) atoms. The number of fused-ring (bicyclic) bond motifs is 2. The molecule has 2 aromatic heterocycles. The lowest BCUT2D eigenvalue weighted by Gasteiger charge is -2.32. The second kappa shape index (κ2) is 8.75. The standard InChI is InChI=1S/C25H27N7O2/c1-15-20-18(12-13-31(15)2)23(27-14-16-8-5-4-6-9-16)30-24(28-20)32-19-11-7-10-17(22(26)33)21(19)29-25(32)34-3/h4-11,15H,12-14H2,1-3H3,(H2,26,33)(H,27,28,30). The average Bonchev–Trinajstić information content (AvgIpc) is 3.24. The van der Waals surface area contributed by atoms with E-state index in [1.54, 1.807) is 16.7 Å². The van der Waals surface area contributed by atoms with Gasteiger partial charge < -0.3 is 15.8 Å². The number of nitrogens with two attached hydrogens (primary N) is 1. The maximum atomic E-state index is 12.0. The van der Waals surface area contributed by atoms with Crippen molar-refractivity contribution < 1.29 is 9.53 Å². The van der Waals surface area contributed by atoms with E-state index in [0.717, 1.165) is 35.6 Å². The van der Waals surface area contributed by atoms with Crippen LogP contribution in [0.2, 0.25) is 0 Å². The van der Waals surface area contributed by atoms with Crippen LogP contribution in [0.3, 0.4) is 0 Å². The molecular formula is C25H27N7O2. The first-order valence-corrected chi connectivity index (χ1v) is 11.2. The fourth-order valence-electron chi connectivity index (χ4n) is 4.41. The molecule has 174 valence electrons. The number of nitrogens with one attached hydrogen (secondary N) is 1. The van der Waals surface area contributed by atoms with Crippen LogP contribution in [-0.2, 0) is 13.0 Å². The predicted molar refractivity (Wildman–Crippen MR) is 130 cm³/mol. The van der Waals surface area contributed by atoms with Crippen molar-refractivity contribution in [3.05, 3.63) is 70.9 Å². The molecule has 0 fully saturated rings. The molecule has 4 aromatic rings. The van der Waals surface area contributed by atoms with Gasteiger partial charge in [0.15, 0.2) is 0 Å². The summed E-state index contributed by atoms with van der Waals surface area (Å²) in [7, 11) is 3.63. The highest BCUT2D eigenvalue weighted by molar-refractivity contribution is 6.04. The second-order valence-corrected chi connectivity index (χ2v) is 8.45. The summed E-state index contributed by atoms with van der Waals surface area (Å²) in [5.41, 5.74) is 10.3. The van der Waals surface area contributed by atoms with Crippen molar-refractivity contribution in [1.29, 1.82) is 0 Å². The lowest BCUT2D eigenvalue weighted by atomic mass is 9.99. The number of hydrogen-bond donors (Lipinski definition) is 2. The summed E-state index contributed by atoms with van der Waals surface area (Å²) in [5.74, 6) is 0.668. The first-order valence-electron chi connectivity index (χ1n) is 11.2. The molecule has 1 unspecified atom stereocenters. The van der Waals surface area contributed by atoms with Gasteiger partial charge in [0.1, 0.15) is 11.3 Å². The van der Waals surface area contributed by atoms with Crippen LogP contribution >= 0.6 is 0 Å². The van der Waals surface area contributed by atoms with Crippen molar-refractivity contribution in [3.8, 4) is 12.0 Å². The summed E-state index contributed by atoms with van der Waals surface area (Å²) in [6.45, 7) is 3.71. The maximum Gasteiger partial charge on any atom is 0.304 e. The number of methoxy groups -OCH3 is 1. The molecule has 3 heterocycles. The maximum absolute atomic E-state index is 12.0. The molecule has 0 aliphatic carbocycles. The highest BCUT2D eigenvalue weighted by Gasteiger charge is 2.28. The van der Waals surface area contributed by atoms with Gasteiger partial charge in [0.05, 0.1) is 23.9 Å². The number of primary amides is 1. The van der Waals surface area contributed by atoms with Crippen LogP contribution in [0.1, 0.15) is 40.1 Å². The summed E-state index contributed by atoms with van der Waals surface area (Å²) in [5, 5.41) is 3.52. The van der Waals surface area contributed by atoms with E-state index in [4.69, 9.17) is 20.4 Å². The molecule has 0 radical (unpaired) electrons. The topological polar surface area (TPSA) is 111 Å². The van der Waals surface area contributed by atoms with E-state index in [1.807, 2.05) is 24.3 Å². The predicted octanol–water partition coefficient (Wildman–Crippen LogP) is 3.08. The quantitative estimate of drug-likeness (QED) is 0.458. The van der Waals surface area contributed by atoms with Crippen molar-refractivity contribution in [2.75, 3.05) is 26.0 Å². The molecule has 0 spiro atoms. The minimum Gasteiger partial charge on any atom is -0.468 e. The van der Waals surface area contributed by atoms with Crippen molar-refractivity contribution in [1.82, 2.24) is 24.4 Å². The Kier molecular flexibility index (Phi) is 5.62. The van der Waals surface area contributed by atoms with Crippen LogP contribution in [0.5, 0.6) is 6.01 Å². The van der Waals surface area contributed by atoms with Crippen LogP contribution in [0.25, 0.3) is 17.0 Å². The number of hydrogen-bond acceptors (Lipinski definition) is 7. The van der Waals surface area contributed by atoms with Crippen LogP contribution < -0.4 is 15.8 Å². The average molecular weight is 458 g/mol. The normalized spacial score (nSPS) is 15.8. The van der Waals surface area contributed by atoms with Gasteiger partial charge in [0, 0.05) is 24.7 Å². The number of anilines is 1. The molecule has 0 bridgehead atoms. The number of imidazole rings is 1. The molecular weight excluding hydrogens is 430 g/mol. The summed E-state index contributed by atoms with van der Waals surface area (Å²) in [6, 6.07) is 15.9. The van der Waals surface area contributed by atoms with Crippen molar-refractivity contribution in [3.63, 3.8) is 0 Å². The van der Waals surface area contributed by atoms with Gasteiger partial charge >= 0.3 is 6.01 Å². The van der Waals surface area contributed by atoms with E-state index in [9.17, 15) is 4.79 Å². The number of rotatable bonds is 6. The molecule has 0 saturated carbocycles. The Bertz CT molecular complexity index is 1370. The van der Waals surface area contributed by atoms with Crippen LogP contribution in [0.4, 0.5) is 5.82 Å². The number of para-hydroxylation sites is 1. The molecule has 3 N–H and O–H groups in total. The van der Waals surface area contributed by atoms with Crippen LogP contribution in [0.15, 0.2) is 48.5 Å². The van der Waals surface area contributed by atoms with Gasteiger partial charge in [-0.2, -0.15) is 9.97 Å². The summed E-state index contributed by atoms with van der Waals surface area (Å²) in [6.07, 6.45) is 0.848. The molecule has 1 atom stereocenters. The largest absolute Gasteiger partial charge is 0.468 e. The van der Waals surface area contributed by atoms with Gasteiger partial charge in [-0.3, -0.25) is 9.69 Å². The van der Waals surface area contributed by atoms with Gasteiger partial charge in [0.2, 0.25) is 5.95 Å². The third kappa shape index (κ3) is 3.73. The number of aromatic nitrogens is 4. The monoisotopic (exact) mass is 457 g/mol. The van der Waals surface area contributed by atoms with Crippen LogP contribution in [0, 0.1) is 0 Å². The Labute approximate surface area is 197 Å². The van der Waals surface area contributed by atoms with E-state index in [-0.39, 0.29) is 12.1 Å². The zero-order valence-electron chi connectivity index (χ0n) is 19.4. The van der Waals surface area contributed by atoms with E-state index < -0.39 is 5.91 Å². The summed E-state index contributed by atoms with van der Waals surface area (Å²) < 4.78 is 7.30. The Balaban J connectivity index is 1.68. The zero-order valence-corrected chi connectivity index (χ0v) is 19.4. The molecule has 1 aliphatic heterocycles. The number of amides is 1. The fraction of sp³-hybridized carbons (Fsp3) is 0.280. The van der Waals surface area contributed by atoms with Crippen molar-refractivity contribution in [2.24, 2.45) is 5.73 Å². The first kappa shape index (κ1) is 21.8. The SMILES string of the molecule is COc1nc2c(C(N)=O)cccc2n1-c1nc(NCc2ccccc2)c2c(n1)C(C)N(C)CC2. The number of carbonyl (C=O) groups is 1. The second-order valence-electron chi connectivity index (χ2n) is 8.45. The molecule has 9 nitrogen and oxygen atoms in total. The number of ether oxygens (including phenoxy) is 1. The number of nitrogens with zero attached hydrogens (tertiary/aromatic N) is 5. The fourth-order valence-corrected chi connectivity index (χ4v) is 4.41. The van der Waals surface area contributed by atoms with E-state index in [0.29, 0.717) is 29.1 Å². The summed E-state index contributed by atoms with van der Waals surface area (Å²) in [4.78, 5) is 28.7.